The van der Waals surface area contributed by atoms with Crippen LogP contribution < -0.4 is 5.73 Å². The Morgan fingerprint density at radius 3 is 2.38 bits per heavy atom. The van der Waals surface area contributed by atoms with Gasteiger partial charge in [-0.05, 0) is 0 Å². The summed E-state index contributed by atoms with van der Waals surface area (Å²) in [7, 11) is 3.74. The van der Waals surface area contributed by atoms with Crippen molar-refractivity contribution in [3.63, 3.8) is 0 Å². The lowest BCUT2D eigenvalue weighted by Crippen LogP contribution is -2.08. The van der Waals surface area contributed by atoms with Crippen molar-refractivity contribution < 1.29 is 0 Å². The lowest BCUT2D eigenvalue weighted by Gasteiger charge is -2.00. The molecule has 0 unspecified atom stereocenters. The topological polar surface area (TPSA) is 41.6 Å². The summed E-state index contributed by atoms with van der Waals surface area (Å²) in [6.45, 7) is 3.38. The third-order valence-corrected chi connectivity index (χ3v) is 0.454. The SMILES string of the molecule is C=C(N)/N=C/N(C)C. The van der Waals surface area contributed by atoms with Gasteiger partial charge in [0.05, 0.1) is 6.34 Å². The zero-order valence-electron chi connectivity index (χ0n) is 5.26. The highest BCUT2D eigenvalue weighted by molar-refractivity contribution is 5.55. The molecule has 0 aromatic rings. The van der Waals surface area contributed by atoms with Crippen molar-refractivity contribution in [2.24, 2.45) is 10.7 Å². The summed E-state index contributed by atoms with van der Waals surface area (Å²) in [6, 6.07) is 0. The Labute approximate surface area is 49.5 Å². The summed E-state index contributed by atoms with van der Waals surface area (Å²) in [4.78, 5) is 5.50. The molecule has 3 heteroatoms. The molecule has 0 fully saturated rings. The molecule has 0 aliphatic heterocycles. The second-order valence-corrected chi connectivity index (χ2v) is 1.70. The number of hydrogen-bond acceptors (Lipinski definition) is 2. The maximum Gasteiger partial charge on any atom is 0.117 e. The number of nitrogens with zero attached hydrogens (tertiary/aromatic N) is 2. The molecule has 2 N–H and O–H groups in total. The van der Waals surface area contributed by atoms with E-state index in [1.165, 1.54) is 0 Å². The smallest absolute Gasteiger partial charge is 0.117 e. The van der Waals surface area contributed by atoms with Crippen LogP contribution >= 0.6 is 0 Å². The summed E-state index contributed by atoms with van der Waals surface area (Å²) in [6.07, 6.45) is 1.60. The quantitative estimate of drug-likeness (QED) is 0.404. The maximum atomic E-state index is 5.12. The van der Waals surface area contributed by atoms with Gasteiger partial charge in [-0.15, -0.1) is 0 Å². The third-order valence-electron chi connectivity index (χ3n) is 0.454. The van der Waals surface area contributed by atoms with Crippen LogP contribution in [0.3, 0.4) is 0 Å². The van der Waals surface area contributed by atoms with E-state index < -0.39 is 0 Å². The third kappa shape index (κ3) is 5.01. The molecule has 0 saturated carbocycles. The molecular formula is C5H11N3. The molecule has 0 radical (unpaired) electrons. The van der Waals surface area contributed by atoms with Crippen molar-refractivity contribution in [2.75, 3.05) is 14.1 Å². The number of nitrogens with two attached hydrogens (primary N) is 1. The summed E-state index contributed by atoms with van der Waals surface area (Å²) < 4.78 is 0. The molecule has 0 saturated heterocycles. The molecule has 0 aromatic heterocycles. The van der Waals surface area contributed by atoms with Crippen LogP contribution in [0.4, 0.5) is 0 Å². The monoisotopic (exact) mass is 113 g/mol. The summed E-state index contributed by atoms with van der Waals surface area (Å²) in [5, 5.41) is 0. The summed E-state index contributed by atoms with van der Waals surface area (Å²) in [5.41, 5.74) is 5.12. The standard InChI is InChI=1S/C5H11N3/c1-5(6)7-4-8(2)3/h4H,1,6H2,2-3H3/b7-4+. The van der Waals surface area contributed by atoms with Gasteiger partial charge in [0.15, 0.2) is 0 Å². The Morgan fingerprint density at radius 2 is 2.25 bits per heavy atom. The number of aliphatic imine (C=N–C) groups is 1. The van der Waals surface area contributed by atoms with Crippen LogP contribution in [0.1, 0.15) is 0 Å². The van der Waals surface area contributed by atoms with Gasteiger partial charge in [-0.2, -0.15) is 0 Å². The Hall–Kier alpha value is -0.990. The van der Waals surface area contributed by atoms with Crippen LogP contribution in [0.25, 0.3) is 0 Å². The van der Waals surface area contributed by atoms with Gasteiger partial charge in [0.25, 0.3) is 0 Å². The number of hydrogen-bond donors (Lipinski definition) is 1. The fourth-order valence-electron chi connectivity index (χ4n) is 0.190. The second-order valence-electron chi connectivity index (χ2n) is 1.70. The molecule has 0 rings (SSSR count). The van der Waals surface area contributed by atoms with Gasteiger partial charge in [-0.1, -0.05) is 6.58 Å². The predicted molar refractivity (Wildman–Crippen MR) is 35.5 cm³/mol. The van der Waals surface area contributed by atoms with Crippen molar-refractivity contribution in [3.8, 4) is 0 Å². The van der Waals surface area contributed by atoms with Crippen LogP contribution in [-0.4, -0.2) is 25.3 Å². The lowest BCUT2D eigenvalue weighted by molar-refractivity contribution is 0.642. The van der Waals surface area contributed by atoms with Crippen LogP contribution in [0.2, 0.25) is 0 Å². The first-order valence-electron chi connectivity index (χ1n) is 2.28. The fourth-order valence-corrected chi connectivity index (χ4v) is 0.190. The average Bonchev–Trinajstić information content (AvgIpc) is 1.61. The molecular weight excluding hydrogens is 102 g/mol. The van der Waals surface area contributed by atoms with Gasteiger partial charge in [0.2, 0.25) is 0 Å². The van der Waals surface area contributed by atoms with E-state index >= 15 is 0 Å². The average molecular weight is 113 g/mol. The largest absolute Gasteiger partial charge is 0.384 e. The molecule has 0 aromatic carbocycles. The molecule has 0 amide bonds. The molecule has 0 aliphatic rings. The Kier molecular flexibility index (Phi) is 2.69. The van der Waals surface area contributed by atoms with Gasteiger partial charge < -0.3 is 10.6 Å². The molecule has 3 nitrogen and oxygen atoms in total. The minimum atomic E-state index is 0.332. The van der Waals surface area contributed by atoms with E-state index in [1.807, 2.05) is 14.1 Å². The first-order valence-corrected chi connectivity index (χ1v) is 2.28. The Morgan fingerprint density at radius 1 is 1.75 bits per heavy atom. The van der Waals surface area contributed by atoms with E-state index in [1.54, 1.807) is 11.2 Å². The fraction of sp³-hybridized carbons (Fsp3) is 0.400. The molecule has 0 atom stereocenters. The van der Waals surface area contributed by atoms with Gasteiger partial charge in [-0.3, -0.25) is 0 Å². The van der Waals surface area contributed by atoms with E-state index in [4.69, 9.17) is 5.73 Å². The van der Waals surface area contributed by atoms with Crippen LogP contribution in [0, 0.1) is 0 Å². The van der Waals surface area contributed by atoms with E-state index in [2.05, 4.69) is 11.6 Å². The maximum absolute atomic E-state index is 5.12. The van der Waals surface area contributed by atoms with E-state index in [0.717, 1.165) is 0 Å². The molecule has 0 bridgehead atoms. The minimum Gasteiger partial charge on any atom is -0.384 e. The molecule has 46 valence electrons. The van der Waals surface area contributed by atoms with Crippen molar-refractivity contribution in [1.29, 1.82) is 0 Å². The number of rotatable bonds is 2. The predicted octanol–water partition coefficient (Wildman–Crippen LogP) is 0.00620. The highest BCUT2D eigenvalue weighted by Crippen LogP contribution is 1.75. The first kappa shape index (κ1) is 7.01. The van der Waals surface area contributed by atoms with E-state index in [-0.39, 0.29) is 0 Å². The highest BCUT2D eigenvalue weighted by Gasteiger charge is 1.75. The molecule has 0 heterocycles. The highest BCUT2D eigenvalue weighted by atomic mass is 15.1. The van der Waals surface area contributed by atoms with Crippen molar-refractivity contribution in [2.45, 2.75) is 0 Å². The Balaban J connectivity index is 3.50. The molecule has 0 spiro atoms. The van der Waals surface area contributed by atoms with Crippen LogP contribution in [0.5, 0.6) is 0 Å². The first-order chi connectivity index (χ1) is 3.63. The van der Waals surface area contributed by atoms with E-state index in [9.17, 15) is 0 Å². The normalized spacial score (nSPS) is 9.75. The Bertz CT molecular complexity index is 104. The van der Waals surface area contributed by atoms with Crippen molar-refractivity contribution in [1.82, 2.24) is 4.90 Å². The second kappa shape index (κ2) is 3.07. The lowest BCUT2D eigenvalue weighted by atomic mass is 10.8. The summed E-state index contributed by atoms with van der Waals surface area (Å²) >= 11 is 0. The van der Waals surface area contributed by atoms with E-state index in [0.29, 0.717) is 5.82 Å². The van der Waals surface area contributed by atoms with Crippen LogP contribution in [-0.2, 0) is 0 Å². The van der Waals surface area contributed by atoms with Gasteiger partial charge >= 0.3 is 0 Å². The van der Waals surface area contributed by atoms with Gasteiger partial charge in [0, 0.05) is 14.1 Å². The molecule has 8 heavy (non-hydrogen) atoms. The summed E-state index contributed by atoms with van der Waals surface area (Å²) in [5.74, 6) is 0.332. The van der Waals surface area contributed by atoms with Gasteiger partial charge in [-0.25, -0.2) is 4.99 Å². The van der Waals surface area contributed by atoms with Crippen molar-refractivity contribution in [3.05, 3.63) is 12.4 Å². The zero-order chi connectivity index (χ0) is 6.57. The van der Waals surface area contributed by atoms with Crippen LogP contribution in [0.15, 0.2) is 17.4 Å². The molecule has 0 aliphatic carbocycles. The minimum absolute atomic E-state index is 0.332. The van der Waals surface area contributed by atoms with Crippen molar-refractivity contribution >= 4 is 6.34 Å². The zero-order valence-corrected chi connectivity index (χ0v) is 5.26. The van der Waals surface area contributed by atoms with Gasteiger partial charge in [0.1, 0.15) is 5.82 Å².